The van der Waals surface area contributed by atoms with Gasteiger partial charge < -0.3 is 14.9 Å². The Kier molecular flexibility index (Phi) is 4.11. The van der Waals surface area contributed by atoms with Crippen molar-refractivity contribution in [3.63, 3.8) is 0 Å². The Morgan fingerprint density at radius 1 is 1.45 bits per heavy atom. The summed E-state index contributed by atoms with van der Waals surface area (Å²) in [6.45, 7) is 1.71. The summed E-state index contributed by atoms with van der Waals surface area (Å²) >= 11 is 0. The number of hydrogen-bond donors (Lipinski definition) is 3. The molecule has 1 aromatic heterocycles. The zero-order valence-electron chi connectivity index (χ0n) is 10.7. The lowest BCUT2D eigenvalue weighted by molar-refractivity contribution is -0.159. The maximum absolute atomic E-state index is 11.5. The van der Waals surface area contributed by atoms with Crippen molar-refractivity contribution in [1.29, 1.82) is 0 Å². The summed E-state index contributed by atoms with van der Waals surface area (Å²) in [4.78, 5) is 22.9. The van der Waals surface area contributed by atoms with Crippen LogP contribution < -0.4 is 5.56 Å². The standard InChI is InChI=1S/C13H14N2O5/c1-2-20-13(19)11(17)10(16)7-3-4-9-8(5-7)6-14-15-12(9)18/h3-6,10-11,16-17H,2H2,1H3,(H,15,18). The van der Waals surface area contributed by atoms with Gasteiger partial charge in [0, 0.05) is 5.39 Å². The number of H-pyrrole nitrogens is 1. The molecule has 0 saturated carbocycles. The molecule has 7 heteroatoms. The van der Waals surface area contributed by atoms with Crippen LogP contribution in [-0.2, 0) is 9.53 Å². The van der Waals surface area contributed by atoms with Gasteiger partial charge in [0.05, 0.1) is 18.2 Å². The van der Waals surface area contributed by atoms with Gasteiger partial charge in [-0.2, -0.15) is 5.10 Å². The molecule has 0 amide bonds. The van der Waals surface area contributed by atoms with Gasteiger partial charge in [-0.25, -0.2) is 9.89 Å². The van der Waals surface area contributed by atoms with Crippen molar-refractivity contribution in [2.24, 2.45) is 0 Å². The third-order valence-electron chi connectivity index (χ3n) is 2.86. The molecule has 3 N–H and O–H groups in total. The van der Waals surface area contributed by atoms with E-state index in [1.165, 1.54) is 24.4 Å². The molecular formula is C13H14N2O5. The van der Waals surface area contributed by atoms with Gasteiger partial charge in [0.25, 0.3) is 5.56 Å². The highest BCUT2D eigenvalue weighted by Crippen LogP contribution is 2.21. The van der Waals surface area contributed by atoms with E-state index >= 15 is 0 Å². The predicted octanol–water partition coefficient (Wildman–Crippen LogP) is -0.120. The number of nitrogens with one attached hydrogen (secondary N) is 1. The van der Waals surface area contributed by atoms with Crippen LogP contribution >= 0.6 is 0 Å². The molecule has 106 valence electrons. The molecule has 0 radical (unpaired) electrons. The summed E-state index contributed by atoms with van der Waals surface area (Å²) < 4.78 is 4.64. The number of benzene rings is 1. The van der Waals surface area contributed by atoms with Gasteiger partial charge in [0.2, 0.25) is 0 Å². The monoisotopic (exact) mass is 278 g/mol. The molecule has 1 aromatic carbocycles. The first kappa shape index (κ1) is 14.2. The largest absolute Gasteiger partial charge is 0.464 e. The second-order valence-corrected chi connectivity index (χ2v) is 4.19. The number of rotatable bonds is 4. The van der Waals surface area contributed by atoms with Gasteiger partial charge >= 0.3 is 5.97 Å². The molecule has 2 rings (SSSR count). The average molecular weight is 278 g/mol. The highest BCUT2D eigenvalue weighted by molar-refractivity contribution is 5.82. The van der Waals surface area contributed by atoms with E-state index in [9.17, 15) is 19.8 Å². The molecule has 7 nitrogen and oxygen atoms in total. The third-order valence-corrected chi connectivity index (χ3v) is 2.86. The first-order valence-electron chi connectivity index (χ1n) is 6.04. The summed E-state index contributed by atoms with van der Waals surface area (Å²) in [6, 6.07) is 4.45. The molecule has 0 aliphatic rings. The summed E-state index contributed by atoms with van der Waals surface area (Å²) in [7, 11) is 0. The van der Waals surface area contributed by atoms with E-state index in [0.29, 0.717) is 16.3 Å². The summed E-state index contributed by atoms with van der Waals surface area (Å²) in [6.07, 6.45) is -1.69. The van der Waals surface area contributed by atoms with E-state index in [2.05, 4.69) is 14.9 Å². The minimum atomic E-state index is -1.68. The van der Waals surface area contributed by atoms with Crippen molar-refractivity contribution in [2.75, 3.05) is 6.61 Å². The third kappa shape index (κ3) is 2.68. The fourth-order valence-corrected chi connectivity index (χ4v) is 1.84. The lowest BCUT2D eigenvalue weighted by atomic mass is 10.0. The number of aliphatic hydroxyl groups excluding tert-OH is 2. The van der Waals surface area contributed by atoms with Crippen LogP contribution in [0.5, 0.6) is 0 Å². The molecule has 0 fully saturated rings. The van der Waals surface area contributed by atoms with Gasteiger partial charge in [0.1, 0.15) is 6.10 Å². The number of carbonyl (C=O) groups excluding carboxylic acids is 1. The van der Waals surface area contributed by atoms with Crippen LogP contribution in [-0.4, -0.2) is 39.1 Å². The molecule has 0 aliphatic heterocycles. The van der Waals surface area contributed by atoms with Crippen LogP contribution in [0.15, 0.2) is 29.2 Å². The highest BCUT2D eigenvalue weighted by Gasteiger charge is 2.27. The lowest BCUT2D eigenvalue weighted by Crippen LogP contribution is -2.29. The maximum Gasteiger partial charge on any atom is 0.338 e. The van der Waals surface area contributed by atoms with Crippen molar-refractivity contribution in [1.82, 2.24) is 10.2 Å². The fourth-order valence-electron chi connectivity index (χ4n) is 1.84. The van der Waals surface area contributed by atoms with Crippen LogP contribution in [0, 0.1) is 0 Å². The first-order chi connectivity index (χ1) is 9.54. The highest BCUT2D eigenvalue weighted by atomic mass is 16.5. The van der Waals surface area contributed by atoms with Gasteiger partial charge in [-0.3, -0.25) is 4.79 Å². The van der Waals surface area contributed by atoms with E-state index in [0.717, 1.165) is 0 Å². The average Bonchev–Trinajstić information content (AvgIpc) is 2.46. The number of carbonyl (C=O) groups is 1. The molecular weight excluding hydrogens is 264 g/mol. The number of hydrogen-bond acceptors (Lipinski definition) is 6. The normalized spacial score (nSPS) is 13.9. The van der Waals surface area contributed by atoms with Crippen molar-refractivity contribution < 1.29 is 19.7 Å². The van der Waals surface area contributed by atoms with Gasteiger partial charge in [-0.1, -0.05) is 6.07 Å². The first-order valence-corrected chi connectivity index (χ1v) is 6.04. The number of aliphatic hydroxyl groups is 2. The molecule has 2 unspecified atom stereocenters. The lowest BCUT2D eigenvalue weighted by Gasteiger charge is -2.16. The van der Waals surface area contributed by atoms with Crippen molar-refractivity contribution in [3.8, 4) is 0 Å². The van der Waals surface area contributed by atoms with Crippen molar-refractivity contribution in [3.05, 3.63) is 40.3 Å². The minimum absolute atomic E-state index is 0.111. The van der Waals surface area contributed by atoms with E-state index in [-0.39, 0.29) is 12.2 Å². The SMILES string of the molecule is CCOC(=O)C(O)C(O)c1ccc2c(=O)[nH]ncc2c1. The Morgan fingerprint density at radius 2 is 2.20 bits per heavy atom. The predicted molar refractivity (Wildman–Crippen MR) is 70.0 cm³/mol. The Bertz CT molecular complexity index is 682. The van der Waals surface area contributed by atoms with Crippen LogP contribution in [0.4, 0.5) is 0 Å². The van der Waals surface area contributed by atoms with Crippen molar-refractivity contribution >= 4 is 16.7 Å². The van der Waals surface area contributed by atoms with E-state index in [1.807, 2.05) is 0 Å². The van der Waals surface area contributed by atoms with E-state index in [4.69, 9.17) is 0 Å². The fraction of sp³-hybridized carbons (Fsp3) is 0.308. The zero-order valence-corrected chi connectivity index (χ0v) is 10.7. The number of esters is 1. The van der Waals surface area contributed by atoms with Crippen LogP contribution in [0.1, 0.15) is 18.6 Å². The molecule has 20 heavy (non-hydrogen) atoms. The second kappa shape index (κ2) is 5.81. The van der Waals surface area contributed by atoms with Gasteiger partial charge in [0.15, 0.2) is 6.10 Å². The number of fused-ring (bicyclic) bond motifs is 1. The Hall–Kier alpha value is -2.25. The molecule has 2 aromatic rings. The Balaban J connectivity index is 2.33. The molecule has 0 aliphatic carbocycles. The molecule has 1 heterocycles. The second-order valence-electron chi connectivity index (χ2n) is 4.19. The maximum atomic E-state index is 11.5. The zero-order chi connectivity index (χ0) is 14.7. The van der Waals surface area contributed by atoms with Crippen molar-refractivity contribution in [2.45, 2.75) is 19.1 Å². The van der Waals surface area contributed by atoms with Gasteiger partial charge in [-0.05, 0) is 24.6 Å². The summed E-state index contributed by atoms with van der Waals surface area (Å²) in [5.41, 5.74) is -0.0556. The minimum Gasteiger partial charge on any atom is -0.464 e. The molecule has 0 spiro atoms. The smallest absolute Gasteiger partial charge is 0.338 e. The van der Waals surface area contributed by atoms with Gasteiger partial charge in [-0.15, -0.1) is 0 Å². The van der Waals surface area contributed by atoms with Crippen LogP contribution in [0.2, 0.25) is 0 Å². The topological polar surface area (TPSA) is 113 Å². The van der Waals surface area contributed by atoms with Crippen LogP contribution in [0.3, 0.4) is 0 Å². The molecule has 0 saturated heterocycles. The Morgan fingerprint density at radius 3 is 2.90 bits per heavy atom. The number of aromatic amines is 1. The summed E-state index contributed by atoms with van der Waals surface area (Å²) in [5, 5.41) is 26.5. The number of aromatic nitrogens is 2. The van der Waals surface area contributed by atoms with Crippen LogP contribution in [0.25, 0.3) is 10.8 Å². The van der Waals surface area contributed by atoms with E-state index < -0.39 is 18.2 Å². The molecule has 0 bridgehead atoms. The molecule has 2 atom stereocenters. The summed E-state index contributed by atoms with van der Waals surface area (Å²) in [5.74, 6) is -0.899. The quantitative estimate of drug-likeness (QED) is 0.672. The number of ether oxygens (including phenoxy) is 1. The Labute approximate surface area is 113 Å². The number of nitrogens with zero attached hydrogens (tertiary/aromatic N) is 1. The van der Waals surface area contributed by atoms with E-state index in [1.54, 1.807) is 6.92 Å².